The molecule has 1 aromatic rings. The zero-order valence-corrected chi connectivity index (χ0v) is 11.4. The van der Waals surface area contributed by atoms with Crippen LogP contribution >= 0.6 is 0 Å². The molecule has 18 heavy (non-hydrogen) atoms. The van der Waals surface area contributed by atoms with Crippen LogP contribution in [0.4, 0.5) is 0 Å². The van der Waals surface area contributed by atoms with Gasteiger partial charge in [-0.2, -0.15) is 0 Å². The molecule has 1 atom stereocenters. The fraction of sp³-hybridized carbons (Fsp3) is 0.600. The molecule has 1 saturated heterocycles. The number of hydrogen-bond donors (Lipinski definition) is 1. The van der Waals surface area contributed by atoms with E-state index in [1.165, 1.54) is 18.4 Å². The molecular weight excluding hydrogens is 224 g/mol. The smallest absolute Gasteiger partial charge is 0.118 e. The second-order valence-electron chi connectivity index (χ2n) is 5.24. The lowest BCUT2D eigenvalue weighted by atomic mass is 9.96. The van der Waals surface area contributed by atoms with Crippen molar-refractivity contribution in [1.82, 2.24) is 4.90 Å². The first-order valence-corrected chi connectivity index (χ1v) is 6.82. The van der Waals surface area contributed by atoms with Gasteiger partial charge in [-0.15, -0.1) is 0 Å². The van der Waals surface area contributed by atoms with E-state index >= 15 is 0 Å². The lowest BCUT2D eigenvalue weighted by Crippen LogP contribution is -2.39. The van der Waals surface area contributed by atoms with E-state index in [1.807, 2.05) is 12.1 Å². The molecule has 0 aliphatic carbocycles. The molecule has 0 amide bonds. The highest BCUT2D eigenvalue weighted by atomic mass is 16.5. The maximum atomic E-state index is 5.97. The summed E-state index contributed by atoms with van der Waals surface area (Å²) in [6.07, 6.45) is 2.57. The van der Waals surface area contributed by atoms with Gasteiger partial charge in [0.1, 0.15) is 5.75 Å². The van der Waals surface area contributed by atoms with E-state index in [-0.39, 0.29) is 0 Å². The van der Waals surface area contributed by atoms with Crippen molar-refractivity contribution in [2.75, 3.05) is 26.7 Å². The molecule has 1 aliphatic rings. The Kier molecular flexibility index (Phi) is 4.61. The van der Waals surface area contributed by atoms with E-state index in [9.17, 15) is 0 Å². The molecule has 1 aromatic carbocycles. The number of methoxy groups -OCH3 is 1. The predicted molar refractivity (Wildman–Crippen MR) is 74.8 cm³/mol. The molecule has 0 aromatic heterocycles. The first-order chi connectivity index (χ1) is 8.74. The van der Waals surface area contributed by atoms with E-state index in [0.29, 0.717) is 12.6 Å². The van der Waals surface area contributed by atoms with E-state index in [4.69, 9.17) is 10.5 Å². The summed E-state index contributed by atoms with van der Waals surface area (Å²) in [7, 11) is 1.70. The average Bonchev–Trinajstić information content (AvgIpc) is 2.42. The Morgan fingerprint density at radius 1 is 1.28 bits per heavy atom. The van der Waals surface area contributed by atoms with Crippen LogP contribution < -0.4 is 10.5 Å². The summed E-state index contributed by atoms with van der Waals surface area (Å²) >= 11 is 0. The van der Waals surface area contributed by atoms with Gasteiger partial charge < -0.3 is 10.5 Å². The Bertz CT molecular complexity index is 355. The molecule has 3 heteroatoms. The highest BCUT2D eigenvalue weighted by Crippen LogP contribution is 2.27. The monoisotopic (exact) mass is 248 g/mol. The van der Waals surface area contributed by atoms with Crippen LogP contribution in [-0.2, 0) is 0 Å². The number of piperidine rings is 1. The molecule has 3 nitrogen and oxygen atoms in total. The largest absolute Gasteiger partial charge is 0.497 e. The van der Waals surface area contributed by atoms with Crippen LogP contribution in [0.15, 0.2) is 24.3 Å². The highest BCUT2D eigenvalue weighted by molar-refractivity contribution is 5.29. The van der Waals surface area contributed by atoms with Gasteiger partial charge in [0.25, 0.3) is 0 Å². The number of rotatable bonds is 4. The Balaban J connectivity index is 2.07. The third-order valence-electron chi connectivity index (χ3n) is 3.98. The fourth-order valence-corrected chi connectivity index (χ4v) is 2.66. The molecule has 0 unspecified atom stereocenters. The van der Waals surface area contributed by atoms with Gasteiger partial charge in [-0.3, -0.25) is 4.90 Å². The van der Waals surface area contributed by atoms with E-state index in [2.05, 4.69) is 24.0 Å². The van der Waals surface area contributed by atoms with E-state index in [0.717, 1.165) is 24.8 Å². The van der Waals surface area contributed by atoms with Crippen LogP contribution in [0, 0.1) is 5.92 Å². The van der Waals surface area contributed by atoms with Gasteiger partial charge in [0, 0.05) is 12.6 Å². The van der Waals surface area contributed by atoms with Gasteiger partial charge in [-0.25, -0.2) is 0 Å². The lowest BCUT2D eigenvalue weighted by Gasteiger charge is -2.36. The molecule has 1 aliphatic heterocycles. The number of likely N-dealkylation sites (tertiary alicyclic amines) is 1. The molecule has 100 valence electrons. The second kappa shape index (κ2) is 6.21. The van der Waals surface area contributed by atoms with Gasteiger partial charge in [0.15, 0.2) is 0 Å². The fourth-order valence-electron chi connectivity index (χ4n) is 2.66. The molecule has 2 N–H and O–H groups in total. The summed E-state index contributed by atoms with van der Waals surface area (Å²) in [4.78, 5) is 2.52. The van der Waals surface area contributed by atoms with Gasteiger partial charge in [0.05, 0.1) is 7.11 Å². The summed E-state index contributed by atoms with van der Waals surface area (Å²) in [6, 6.07) is 8.65. The van der Waals surface area contributed by atoms with Crippen molar-refractivity contribution >= 4 is 0 Å². The SMILES string of the molecule is COc1ccc([C@H](CN)N2CCC(C)CC2)cc1. The van der Waals surface area contributed by atoms with Crippen molar-refractivity contribution in [3.05, 3.63) is 29.8 Å². The molecule has 0 radical (unpaired) electrons. The Labute approximate surface area is 110 Å². The maximum Gasteiger partial charge on any atom is 0.118 e. The lowest BCUT2D eigenvalue weighted by molar-refractivity contribution is 0.141. The number of benzene rings is 1. The quantitative estimate of drug-likeness (QED) is 0.889. The van der Waals surface area contributed by atoms with E-state index in [1.54, 1.807) is 7.11 Å². The van der Waals surface area contributed by atoms with E-state index < -0.39 is 0 Å². The number of nitrogens with zero attached hydrogens (tertiary/aromatic N) is 1. The Hall–Kier alpha value is -1.06. The van der Waals surface area contributed by atoms with Crippen molar-refractivity contribution < 1.29 is 4.74 Å². The van der Waals surface area contributed by atoms with Crippen LogP contribution in [0.2, 0.25) is 0 Å². The van der Waals surface area contributed by atoms with Crippen molar-refractivity contribution in [1.29, 1.82) is 0 Å². The zero-order chi connectivity index (χ0) is 13.0. The normalized spacial score (nSPS) is 19.7. The summed E-state index contributed by atoms with van der Waals surface area (Å²) < 4.78 is 5.20. The topological polar surface area (TPSA) is 38.5 Å². The zero-order valence-electron chi connectivity index (χ0n) is 11.4. The molecule has 1 heterocycles. The minimum Gasteiger partial charge on any atom is -0.497 e. The molecule has 0 saturated carbocycles. The first kappa shape index (κ1) is 13.4. The van der Waals surface area contributed by atoms with Crippen LogP contribution in [0.3, 0.4) is 0 Å². The number of nitrogens with two attached hydrogens (primary N) is 1. The van der Waals surface area contributed by atoms with Crippen molar-refractivity contribution in [2.45, 2.75) is 25.8 Å². The third-order valence-corrected chi connectivity index (χ3v) is 3.98. The van der Waals surface area contributed by atoms with Gasteiger partial charge in [0.2, 0.25) is 0 Å². The number of ether oxygens (including phenoxy) is 1. The van der Waals surface area contributed by atoms with Crippen molar-refractivity contribution in [3.8, 4) is 5.75 Å². The van der Waals surface area contributed by atoms with Crippen molar-refractivity contribution in [3.63, 3.8) is 0 Å². The molecule has 0 bridgehead atoms. The van der Waals surface area contributed by atoms with Gasteiger partial charge >= 0.3 is 0 Å². The minimum absolute atomic E-state index is 0.350. The molecular formula is C15H24N2O. The summed E-state index contributed by atoms with van der Waals surface area (Å²) in [5, 5.41) is 0. The van der Waals surface area contributed by atoms with Gasteiger partial charge in [-0.05, 0) is 49.5 Å². The maximum absolute atomic E-state index is 5.97. The number of hydrogen-bond acceptors (Lipinski definition) is 3. The van der Waals surface area contributed by atoms with Crippen LogP contribution in [0.25, 0.3) is 0 Å². The first-order valence-electron chi connectivity index (χ1n) is 6.82. The van der Waals surface area contributed by atoms with Crippen molar-refractivity contribution in [2.24, 2.45) is 11.7 Å². The summed E-state index contributed by atoms with van der Waals surface area (Å²) in [6.45, 7) is 5.34. The third kappa shape index (κ3) is 3.03. The molecule has 0 spiro atoms. The summed E-state index contributed by atoms with van der Waals surface area (Å²) in [5.74, 6) is 1.76. The minimum atomic E-state index is 0.350. The second-order valence-corrected chi connectivity index (χ2v) is 5.24. The highest BCUT2D eigenvalue weighted by Gasteiger charge is 2.23. The Morgan fingerprint density at radius 3 is 2.39 bits per heavy atom. The molecule has 1 fully saturated rings. The van der Waals surface area contributed by atoms with Crippen LogP contribution in [-0.4, -0.2) is 31.6 Å². The van der Waals surface area contributed by atoms with Crippen LogP contribution in [0.5, 0.6) is 5.75 Å². The Morgan fingerprint density at radius 2 is 1.89 bits per heavy atom. The molecule has 2 rings (SSSR count). The average molecular weight is 248 g/mol. The van der Waals surface area contributed by atoms with Crippen LogP contribution in [0.1, 0.15) is 31.4 Å². The summed E-state index contributed by atoms with van der Waals surface area (Å²) in [5.41, 5.74) is 7.27. The standard InChI is InChI=1S/C15H24N2O/c1-12-7-9-17(10-8-12)15(11-16)13-3-5-14(18-2)6-4-13/h3-6,12,15H,7-11,16H2,1-2H3/t15-/m0/s1. The predicted octanol–water partition coefficient (Wildman–Crippen LogP) is 2.43. The van der Waals surface area contributed by atoms with Gasteiger partial charge in [-0.1, -0.05) is 19.1 Å².